The first-order valence-electron chi connectivity index (χ1n) is 6.26. The molecule has 0 saturated carbocycles. The lowest BCUT2D eigenvalue weighted by atomic mass is 10.1. The third-order valence-corrected chi connectivity index (χ3v) is 2.83. The molecule has 0 atom stereocenters. The molecule has 0 spiro atoms. The SMILES string of the molecule is CCCCCCCCC(=O)c1nccn1C. The Bertz CT molecular complexity index is 317. The Morgan fingerprint density at radius 2 is 1.94 bits per heavy atom. The van der Waals surface area contributed by atoms with Gasteiger partial charge in [-0.25, -0.2) is 4.98 Å². The first-order valence-corrected chi connectivity index (χ1v) is 6.26. The average Bonchev–Trinajstić information content (AvgIpc) is 2.69. The smallest absolute Gasteiger partial charge is 0.198 e. The van der Waals surface area contributed by atoms with E-state index in [1.807, 2.05) is 13.2 Å². The van der Waals surface area contributed by atoms with Crippen LogP contribution in [0.4, 0.5) is 0 Å². The molecule has 0 aliphatic carbocycles. The fourth-order valence-corrected chi connectivity index (χ4v) is 1.81. The van der Waals surface area contributed by atoms with Crippen LogP contribution < -0.4 is 0 Å². The zero-order valence-electron chi connectivity index (χ0n) is 10.4. The van der Waals surface area contributed by atoms with Crippen molar-refractivity contribution in [3.63, 3.8) is 0 Å². The zero-order chi connectivity index (χ0) is 11.8. The molecule has 0 N–H and O–H groups in total. The van der Waals surface area contributed by atoms with E-state index >= 15 is 0 Å². The van der Waals surface area contributed by atoms with E-state index in [1.54, 1.807) is 10.8 Å². The van der Waals surface area contributed by atoms with Crippen LogP contribution in [0.1, 0.15) is 62.5 Å². The van der Waals surface area contributed by atoms with E-state index in [9.17, 15) is 4.79 Å². The van der Waals surface area contributed by atoms with Gasteiger partial charge < -0.3 is 4.57 Å². The second-order valence-electron chi connectivity index (χ2n) is 4.30. The van der Waals surface area contributed by atoms with Crippen LogP contribution in [0.25, 0.3) is 0 Å². The minimum absolute atomic E-state index is 0.169. The number of aromatic nitrogens is 2. The maximum Gasteiger partial charge on any atom is 0.198 e. The molecule has 3 heteroatoms. The van der Waals surface area contributed by atoms with Gasteiger partial charge in [-0.2, -0.15) is 0 Å². The largest absolute Gasteiger partial charge is 0.332 e. The molecular formula is C13H22N2O. The van der Waals surface area contributed by atoms with Gasteiger partial charge in [0, 0.05) is 25.9 Å². The number of carbonyl (C=O) groups excluding carboxylic acids is 1. The molecule has 90 valence electrons. The van der Waals surface area contributed by atoms with Gasteiger partial charge in [0.15, 0.2) is 11.6 Å². The number of imidazole rings is 1. The Hall–Kier alpha value is -1.12. The van der Waals surface area contributed by atoms with Gasteiger partial charge in [0.2, 0.25) is 0 Å². The van der Waals surface area contributed by atoms with Crippen molar-refractivity contribution in [1.82, 2.24) is 9.55 Å². The van der Waals surface area contributed by atoms with Crippen LogP contribution in [-0.4, -0.2) is 15.3 Å². The average molecular weight is 222 g/mol. The van der Waals surface area contributed by atoms with Gasteiger partial charge in [-0.3, -0.25) is 4.79 Å². The summed E-state index contributed by atoms with van der Waals surface area (Å²) in [6.07, 6.45) is 11.4. The van der Waals surface area contributed by atoms with Crippen molar-refractivity contribution in [1.29, 1.82) is 0 Å². The number of nitrogens with zero attached hydrogens (tertiary/aromatic N) is 2. The normalized spacial score (nSPS) is 10.6. The van der Waals surface area contributed by atoms with Gasteiger partial charge in [0.05, 0.1) is 0 Å². The predicted octanol–water partition coefficient (Wildman–Crippen LogP) is 3.35. The quantitative estimate of drug-likeness (QED) is 0.499. The van der Waals surface area contributed by atoms with Crippen LogP contribution in [-0.2, 0) is 7.05 Å². The highest BCUT2D eigenvalue weighted by Gasteiger charge is 2.09. The predicted molar refractivity (Wildman–Crippen MR) is 65.5 cm³/mol. The summed E-state index contributed by atoms with van der Waals surface area (Å²) in [5, 5.41) is 0. The number of unbranched alkanes of at least 4 members (excludes halogenated alkanes) is 5. The van der Waals surface area contributed by atoms with Crippen molar-refractivity contribution < 1.29 is 4.79 Å². The fourth-order valence-electron chi connectivity index (χ4n) is 1.81. The first kappa shape index (κ1) is 12.9. The molecule has 1 heterocycles. The Balaban J connectivity index is 2.14. The summed E-state index contributed by atoms with van der Waals surface area (Å²) in [5.41, 5.74) is 0. The minimum atomic E-state index is 0.169. The standard InChI is InChI=1S/C13H22N2O/c1-3-4-5-6-7-8-9-12(16)13-14-10-11-15(13)2/h10-11H,3-9H2,1-2H3. The second kappa shape index (κ2) is 7.20. The van der Waals surface area contributed by atoms with E-state index < -0.39 is 0 Å². The van der Waals surface area contributed by atoms with Gasteiger partial charge in [0.1, 0.15) is 0 Å². The van der Waals surface area contributed by atoms with Crippen molar-refractivity contribution in [2.45, 2.75) is 51.9 Å². The van der Waals surface area contributed by atoms with Gasteiger partial charge in [0.25, 0.3) is 0 Å². The third kappa shape index (κ3) is 4.17. The van der Waals surface area contributed by atoms with Crippen LogP contribution in [0, 0.1) is 0 Å². The molecule has 0 aliphatic heterocycles. The highest BCUT2D eigenvalue weighted by molar-refractivity contribution is 5.92. The molecule has 0 saturated heterocycles. The second-order valence-corrected chi connectivity index (χ2v) is 4.30. The van der Waals surface area contributed by atoms with E-state index in [4.69, 9.17) is 0 Å². The summed E-state index contributed by atoms with van der Waals surface area (Å²) in [4.78, 5) is 15.8. The van der Waals surface area contributed by atoms with Crippen molar-refractivity contribution in [3.05, 3.63) is 18.2 Å². The van der Waals surface area contributed by atoms with Gasteiger partial charge >= 0.3 is 0 Å². The molecule has 0 unspecified atom stereocenters. The van der Waals surface area contributed by atoms with Gasteiger partial charge in [-0.05, 0) is 6.42 Å². The van der Waals surface area contributed by atoms with Gasteiger partial charge in [-0.1, -0.05) is 39.0 Å². The van der Waals surface area contributed by atoms with E-state index in [-0.39, 0.29) is 5.78 Å². The van der Waals surface area contributed by atoms with E-state index in [0.29, 0.717) is 12.2 Å². The highest BCUT2D eigenvalue weighted by Crippen LogP contribution is 2.09. The van der Waals surface area contributed by atoms with Crippen LogP contribution in [0.3, 0.4) is 0 Å². The molecule has 1 aromatic rings. The number of carbonyl (C=O) groups is 1. The zero-order valence-corrected chi connectivity index (χ0v) is 10.4. The molecular weight excluding hydrogens is 200 g/mol. The van der Waals surface area contributed by atoms with Crippen LogP contribution in [0.5, 0.6) is 0 Å². The van der Waals surface area contributed by atoms with Crippen molar-refractivity contribution >= 4 is 5.78 Å². The minimum Gasteiger partial charge on any atom is -0.332 e. The Labute approximate surface area is 97.9 Å². The molecule has 16 heavy (non-hydrogen) atoms. The van der Waals surface area contributed by atoms with E-state index in [1.165, 1.54) is 25.7 Å². The summed E-state index contributed by atoms with van der Waals surface area (Å²) in [7, 11) is 1.86. The molecule has 0 bridgehead atoms. The summed E-state index contributed by atoms with van der Waals surface area (Å²) in [6.45, 7) is 2.21. The number of aryl methyl sites for hydroxylation is 1. The third-order valence-electron chi connectivity index (χ3n) is 2.83. The van der Waals surface area contributed by atoms with E-state index in [0.717, 1.165) is 12.8 Å². The Morgan fingerprint density at radius 1 is 1.25 bits per heavy atom. The highest BCUT2D eigenvalue weighted by atomic mass is 16.1. The number of ketones is 1. The summed E-state index contributed by atoms with van der Waals surface area (Å²) < 4.78 is 1.79. The Kier molecular flexibility index (Phi) is 5.83. The topological polar surface area (TPSA) is 34.9 Å². The molecule has 1 rings (SSSR count). The first-order chi connectivity index (χ1) is 7.75. The molecule has 0 aromatic carbocycles. The lowest BCUT2D eigenvalue weighted by Crippen LogP contribution is -2.06. The number of rotatable bonds is 8. The fraction of sp³-hybridized carbons (Fsp3) is 0.692. The van der Waals surface area contributed by atoms with E-state index in [2.05, 4.69) is 11.9 Å². The molecule has 0 radical (unpaired) electrons. The molecule has 0 amide bonds. The van der Waals surface area contributed by atoms with Crippen molar-refractivity contribution in [2.24, 2.45) is 7.05 Å². The summed E-state index contributed by atoms with van der Waals surface area (Å²) in [5.74, 6) is 0.761. The van der Waals surface area contributed by atoms with Crippen molar-refractivity contribution in [2.75, 3.05) is 0 Å². The maximum absolute atomic E-state index is 11.7. The molecule has 1 aromatic heterocycles. The van der Waals surface area contributed by atoms with Gasteiger partial charge in [-0.15, -0.1) is 0 Å². The lowest BCUT2D eigenvalue weighted by Gasteiger charge is -2.01. The summed E-state index contributed by atoms with van der Waals surface area (Å²) in [6, 6.07) is 0. The maximum atomic E-state index is 11.7. The number of hydrogen-bond donors (Lipinski definition) is 0. The summed E-state index contributed by atoms with van der Waals surface area (Å²) >= 11 is 0. The van der Waals surface area contributed by atoms with Crippen LogP contribution >= 0.6 is 0 Å². The molecule has 0 fully saturated rings. The number of Topliss-reactive ketones (excluding diaryl/α,β-unsaturated/α-hetero) is 1. The number of hydrogen-bond acceptors (Lipinski definition) is 2. The molecule has 0 aliphatic rings. The lowest BCUT2D eigenvalue weighted by molar-refractivity contribution is 0.0966. The Morgan fingerprint density at radius 3 is 2.56 bits per heavy atom. The van der Waals surface area contributed by atoms with Crippen molar-refractivity contribution in [3.8, 4) is 0 Å². The monoisotopic (exact) mass is 222 g/mol. The van der Waals surface area contributed by atoms with Crippen LogP contribution in [0.15, 0.2) is 12.4 Å². The molecule has 3 nitrogen and oxygen atoms in total. The van der Waals surface area contributed by atoms with Crippen LogP contribution in [0.2, 0.25) is 0 Å².